The van der Waals surface area contributed by atoms with Crippen molar-refractivity contribution in [2.24, 2.45) is 0 Å². The third kappa shape index (κ3) is 5.07. The fourth-order valence-corrected chi connectivity index (χ4v) is 4.88. The fraction of sp³-hybridized carbons (Fsp3) is 0. The highest BCUT2D eigenvalue weighted by Gasteiger charge is 2.10. The zero-order valence-electron chi connectivity index (χ0n) is 10.6. The molecule has 0 fully saturated rings. The van der Waals surface area contributed by atoms with Gasteiger partial charge in [0.05, 0.1) is 9.79 Å². The summed E-state index contributed by atoms with van der Waals surface area (Å²) in [6.45, 7) is 0. The van der Waals surface area contributed by atoms with Crippen molar-refractivity contribution in [3.8, 4) is 0 Å². The third-order valence-corrected chi connectivity index (χ3v) is 7.60. The van der Waals surface area contributed by atoms with Gasteiger partial charge in [-0.05, 0) is 48.5 Å². The average molecular weight is 415 g/mol. The fourth-order valence-electron chi connectivity index (χ4n) is 1.41. The normalized spacial score (nSPS) is 12.3. The van der Waals surface area contributed by atoms with E-state index in [1.807, 2.05) is 0 Å². The summed E-state index contributed by atoms with van der Waals surface area (Å²) in [7, 11) is 5.84. The molecule has 0 spiro atoms. The van der Waals surface area contributed by atoms with Gasteiger partial charge in [0.25, 0.3) is 18.1 Å². The number of benzene rings is 2. The van der Waals surface area contributed by atoms with Crippen LogP contribution in [0.1, 0.15) is 0 Å². The molecular formula is C12H8Cl2O4S4. The summed E-state index contributed by atoms with van der Waals surface area (Å²) in [5, 5.41) is 0. The minimum absolute atomic E-state index is 0.0418. The molecule has 0 atom stereocenters. The number of halogens is 2. The highest BCUT2D eigenvalue weighted by molar-refractivity contribution is 8.76. The Morgan fingerprint density at radius 3 is 1.09 bits per heavy atom. The molecular weight excluding hydrogens is 407 g/mol. The molecule has 0 aliphatic heterocycles. The van der Waals surface area contributed by atoms with Gasteiger partial charge in [0.15, 0.2) is 0 Å². The molecule has 22 heavy (non-hydrogen) atoms. The van der Waals surface area contributed by atoms with Crippen LogP contribution in [0, 0.1) is 0 Å². The van der Waals surface area contributed by atoms with E-state index in [1.165, 1.54) is 45.9 Å². The van der Waals surface area contributed by atoms with E-state index in [2.05, 4.69) is 0 Å². The summed E-state index contributed by atoms with van der Waals surface area (Å²) < 4.78 is 44.5. The van der Waals surface area contributed by atoms with Crippen LogP contribution in [0.3, 0.4) is 0 Å². The Morgan fingerprint density at radius 1 is 0.591 bits per heavy atom. The second-order valence-electron chi connectivity index (χ2n) is 3.99. The zero-order chi connectivity index (χ0) is 16.4. The van der Waals surface area contributed by atoms with Crippen LogP contribution in [0.15, 0.2) is 68.1 Å². The molecule has 4 nitrogen and oxygen atoms in total. The van der Waals surface area contributed by atoms with E-state index >= 15 is 0 Å². The summed E-state index contributed by atoms with van der Waals surface area (Å²) in [5.41, 5.74) is 0. The Bertz CT molecular complexity index is 785. The van der Waals surface area contributed by atoms with E-state index in [9.17, 15) is 16.8 Å². The van der Waals surface area contributed by atoms with Gasteiger partial charge in [-0.25, -0.2) is 16.8 Å². The molecule has 0 amide bonds. The quantitative estimate of drug-likeness (QED) is 0.535. The van der Waals surface area contributed by atoms with E-state index in [-0.39, 0.29) is 9.79 Å². The minimum Gasteiger partial charge on any atom is -0.207 e. The molecule has 2 aromatic rings. The molecule has 0 bridgehead atoms. The van der Waals surface area contributed by atoms with Crippen LogP contribution >= 0.6 is 43.0 Å². The highest BCUT2D eigenvalue weighted by atomic mass is 35.7. The first-order valence-electron chi connectivity index (χ1n) is 5.60. The van der Waals surface area contributed by atoms with E-state index in [0.29, 0.717) is 0 Å². The number of rotatable bonds is 5. The smallest absolute Gasteiger partial charge is 0.207 e. The predicted molar refractivity (Wildman–Crippen MR) is 90.7 cm³/mol. The van der Waals surface area contributed by atoms with Crippen molar-refractivity contribution >= 4 is 61.1 Å². The topological polar surface area (TPSA) is 68.3 Å². The van der Waals surface area contributed by atoms with Gasteiger partial charge in [0.2, 0.25) is 0 Å². The molecule has 0 aromatic heterocycles. The first-order valence-corrected chi connectivity index (χ1v) is 12.4. The van der Waals surface area contributed by atoms with Crippen LogP contribution < -0.4 is 0 Å². The summed E-state index contributed by atoms with van der Waals surface area (Å²) >= 11 is 0. The summed E-state index contributed by atoms with van der Waals surface area (Å²) in [4.78, 5) is 1.76. The molecule has 118 valence electrons. The van der Waals surface area contributed by atoms with Crippen molar-refractivity contribution in [2.45, 2.75) is 19.6 Å². The Balaban J connectivity index is 2.04. The van der Waals surface area contributed by atoms with E-state index in [1.54, 1.807) is 24.3 Å². The molecule has 0 saturated heterocycles. The predicted octanol–water partition coefficient (Wildman–Crippen LogP) is 4.34. The third-order valence-electron chi connectivity index (χ3n) is 2.44. The van der Waals surface area contributed by atoms with Crippen LogP contribution in [0.25, 0.3) is 0 Å². The Labute approximate surface area is 145 Å². The highest BCUT2D eigenvalue weighted by Crippen LogP contribution is 2.38. The molecule has 0 N–H and O–H groups in total. The van der Waals surface area contributed by atoms with Crippen molar-refractivity contribution in [3.05, 3.63) is 48.5 Å². The van der Waals surface area contributed by atoms with E-state index in [4.69, 9.17) is 21.4 Å². The maximum absolute atomic E-state index is 11.1. The first-order chi connectivity index (χ1) is 10.2. The molecule has 0 heterocycles. The lowest BCUT2D eigenvalue weighted by atomic mass is 10.4. The zero-order valence-corrected chi connectivity index (χ0v) is 15.4. The molecule has 0 aliphatic carbocycles. The number of hydrogen-bond acceptors (Lipinski definition) is 6. The second kappa shape index (κ2) is 7.02. The van der Waals surface area contributed by atoms with Gasteiger partial charge in [0.1, 0.15) is 0 Å². The first kappa shape index (κ1) is 18.0. The Kier molecular flexibility index (Phi) is 5.73. The van der Waals surface area contributed by atoms with Crippen molar-refractivity contribution < 1.29 is 16.8 Å². The van der Waals surface area contributed by atoms with Crippen LogP contribution in [-0.4, -0.2) is 16.8 Å². The van der Waals surface area contributed by atoms with Gasteiger partial charge in [0, 0.05) is 31.2 Å². The summed E-state index contributed by atoms with van der Waals surface area (Å²) in [5.74, 6) is 0. The Hall–Kier alpha value is -0.380. The van der Waals surface area contributed by atoms with Crippen molar-refractivity contribution in [3.63, 3.8) is 0 Å². The van der Waals surface area contributed by atoms with Crippen molar-refractivity contribution in [2.75, 3.05) is 0 Å². The van der Waals surface area contributed by atoms with Gasteiger partial charge in [-0.15, -0.1) is 0 Å². The van der Waals surface area contributed by atoms with E-state index < -0.39 is 18.1 Å². The monoisotopic (exact) mass is 414 g/mol. The summed E-state index contributed by atoms with van der Waals surface area (Å²) in [6, 6.07) is 12.3. The lowest BCUT2D eigenvalue weighted by Crippen LogP contribution is -1.89. The minimum atomic E-state index is -3.72. The van der Waals surface area contributed by atoms with Gasteiger partial charge >= 0.3 is 0 Å². The lowest BCUT2D eigenvalue weighted by molar-refractivity contribution is 0.608. The second-order valence-corrected chi connectivity index (χ2v) is 11.4. The Morgan fingerprint density at radius 2 is 0.864 bits per heavy atom. The molecule has 2 aromatic carbocycles. The molecule has 0 saturated carbocycles. The van der Waals surface area contributed by atoms with Crippen molar-refractivity contribution in [1.29, 1.82) is 0 Å². The van der Waals surface area contributed by atoms with Gasteiger partial charge < -0.3 is 0 Å². The molecule has 0 aliphatic rings. The lowest BCUT2D eigenvalue weighted by Gasteiger charge is -2.03. The summed E-state index contributed by atoms with van der Waals surface area (Å²) in [6.07, 6.45) is 0. The van der Waals surface area contributed by atoms with Crippen LogP contribution in [0.2, 0.25) is 0 Å². The van der Waals surface area contributed by atoms with Crippen molar-refractivity contribution in [1.82, 2.24) is 0 Å². The van der Waals surface area contributed by atoms with E-state index in [0.717, 1.165) is 9.79 Å². The van der Waals surface area contributed by atoms with Gasteiger partial charge in [-0.3, -0.25) is 0 Å². The number of hydrogen-bond donors (Lipinski definition) is 0. The molecule has 0 unspecified atom stereocenters. The van der Waals surface area contributed by atoms with Crippen LogP contribution in [-0.2, 0) is 18.1 Å². The molecule has 10 heteroatoms. The van der Waals surface area contributed by atoms with Crippen LogP contribution in [0.5, 0.6) is 0 Å². The standard InChI is InChI=1S/C12H8Cl2O4S4/c13-21(15,16)11-5-1-9(2-6-11)19-20-10-3-7-12(8-4-10)22(14,17)18/h1-8H. The average Bonchev–Trinajstić information content (AvgIpc) is 2.44. The van der Waals surface area contributed by atoms with Crippen LogP contribution in [0.4, 0.5) is 0 Å². The SMILES string of the molecule is O=S(=O)(Cl)c1ccc(SSc2ccc(S(=O)(=O)Cl)cc2)cc1. The maximum atomic E-state index is 11.1. The molecule has 2 rings (SSSR count). The van der Waals surface area contributed by atoms with Gasteiger partial charge in [-0.2, -0.15) is 0 Å². The largest absolute Gasteiger partial charge is 0.261 e. The maximum Gasteiger partial charge on any atom is 0.261 e. The molecule has 0 radical (unpaired) electrons. The van der Waals surface area contributed by atoms with Gasteiger partial charge in [-0.1, -0.05) is 21.6 Å².